The second-order valence-electron chi connectivity index (χ2n) is 11.3. The first kappa shape index (κ1) is 31.8. The summed E-state index contributed by atoms with van der Waals surface area (Å²) in [6, 6.07) is 0. The number of Topliss-reactive ketones (excluding diaryl/α,β-unsaturated/α-hetero) is 1. The quantitative estimate of drug-likeness (QED) is 0.195. The molecule has 1 fully saturated rings. The molecule has 0 bridgehead atoms. The fourth-order valence-electron chi connectivity index (χ4n) is 5.20. The van der Waals surface area contributed by atoms with Crippen LogP contribution in [0.2, 0.25) is 0 Å². The van der Waals surface area contributed by atoms with Gasteiger partial charge in [0.15, 0.2) is 0 Å². The first-order valence-corrected chi connectivity index (χ1v) is 14.1. The van der Waals surface area contributed by atoms with E-state index in [1.807, 2.05) is 32.2 Å². The number of aryl methyl sites for hydroxylation is 1. The lowest BCUT2D eigenvalue weighted by Crippen LogP contribution is -2.46. The zero-order valence-corrected chi connectivity index (χ0v) is 24.4. The minimum atomic E-state index is -1.07. The Morgan fingerprint density at radius 1 is 1.38 bits per heavy atom. The molecule has 0 radical (unpaired) electrons. The van der Waals surface area contributed by atoms with Crippen molar-refractivity contribution in [3.8, 4) is 0 Å². The Morgan fingerprint density at radius 3 is 2.59 bits per heavy atom. The molecule has 7 nitrogen and oxygen atoms in total. The van der Waals surface area contributed by atoms with Gasteiger partial charge < -0.3 is 24.8 Å². The van der Waals surface area contributed by atoms with Gasteiger partial charge in [0.25, 0.3) is 0 Å². The van der Waals surface area contributed by atoms with Crippen LogP contribution in [-0.4, -0.2) is 69.8 Å². The van der Waals surface area contributed by atoms with E-state index in [-0.39, 0.29) is 42.5 Å². The topological polar surface area (TPSA) is 112 Å². The van der Waals surface area contributed by atoms with Crippen LogP contribution in [0.5, 0.6) is 0 Å². The number of hydrogen-bond acceptors (Lipinski definition) is 8. The lowest BCUT2D eigenvalue weighted by molar-refractivity contribution is -0.142. The van der Waals surface area contributed by atoms with Gasteiger partial charge in [0, 0.05) is 30.4 Å². The van der Waals surface area contributed by atoms with Crippen molar-refractivity contribution in [3.63, 3.8) is 0 Å². The van der Waals surface area contributed by atoms with Crippen molar-refractivity contribution in [1.82, 2.24) is 4.98 Å². The second kappa shape index (κ2) is 13.6. The van der Waals surface area contributed by atoms with E-state index in [1.54, 1.807) is 38.4 Å². The number of aromatic nitrogens is 1. The number of carbonyl (C=O) groups is 1. The molecule has 7 unspecified atom stereocenters. The number of aliphatic hydroxyl groups excluding tert-OH is 3. The molecule has 1 aliphatic rings. The summed E-state index contributed by atoms with van der Waals surface area (Å²) >= 11 is 1.62. The molecule has 1 aromatic heterocycles. The van der Waals surface area contributed by atoms with Crippen molar-refractivity contribution >= 4 is 23.2 Å². The highest BCUT2D eigenvalue weighted by Gasteiger charge is 2.56. The molecule has 0 saturated carbocycles. The number of rotatable bonds is 17. The van der Waals surface area contributed by atoms with E-state index < -0.39 is 23.5 Å². The Kier molecular flexibility index (Phi) is 11.7. The summed E-state index contributed by atoms with van der Waals surface area (Å²) in [6.45, 7) is 15.0. The fraction of sp³-hybridized carbons (Fsp3) is 0.724. The minimum Gasteiger partial charge on any atom is -0.396 e. The fourth-order valence-corrected chi connectivity index (χ4v) is 5.77. The van der Waals surface area contributed by atoms with Crippen molar-refractivity contribution in [2.45, 2.75) is 104 Å². The molecule has 7 atom stereocenters. The van der Waals surface area contributed by atoms with Crippen molar-refractivity contribution in [2.24, 2.45) is 17.3 Å². The van der Waals surface area contributed by atoms with Crippen LogP contribution in [-0.2, 0) is 14.3 Å². The van der Waals surface area contributed by atoms with Gasteiger partial charge in [-0.05, 0) is 64.0 Å². The molecule has 3 N–H and O–H groups in total. The van der Waals surface area contributed by atoms with Gasteiger partial charge in [-0.2, -0.15) is 0 Å². The largest absolute Gasteiger partial charge is 0.396 e. The van der Waals surface area contributed by atoms with Crippen molar-refractivity contribution in [1.29, 1.82) is 0 Å². The molecule has 8 heteroatoms. The lowest BCUT2D eigenvalue weighted by Gasteiger charge is -2.35. The molecule has 210 valence electrons. The third-order valence-corrected chi connectivity index (χ3v) is 8.68. The highest BCUT2D eigenvalue weighted by atomic mass is 32.1. The number of carbonyl (C=O) groups excluding carboxylic acids is 1. The first-order chi connectivity index (χ1) is 17.3. The van der Waals surface area contributed by atoms with Gasteiger partial charge in [-0.25, -0.2) is 4.98 Å². The maximum Gasteiger partial charge on any atom is 0.147 e. The highest BCUT2D eigenvalue weighted by molar-refractivity contribution is 7.09. The summed E-state index contributed by atoms with van der Waals surface area (Å²) in [7, 11) is 1.70. The molecule has 1 aliphatic heterocycles. The third kappa shape index (κ3) is 8.04. The van der Waals surface area contributed by atoms with Crippen LogP contribution in [0.1, 0.15) is 77.4 Å². The number of nitrogens with zero attached hydrogens (tertiary/aromatic N) is 1. The van der Waals surface area contributed by atoms with Crippen molar-refractivity contribution in [3.05, 3.63) is 34.3 Å². The van der Waals surface area contributed by atoms with Gasteiger partial charge in [0.2, 0.25) is 0 Å². The second-order valence-corrected chi connectivity index (χ2v) is 12.4. The molecule has 0 spiro atoms. The zero-order chi connectivity index (χ0) is 28.0. The number of methoxy groups -OCH3 is 1. The summed E-state index contributed by atoms with van der Waals surface area (Å²) in [5.41, 5.74) is 0.632. The Bertz CT molecular complexity index is 927. The van der Waals surface area contributed by atoms with Gasteiger partial charge in [0.1, 0.15) is 18.0 Å². The highest BCUT2D eigenvalue weighted by Crippen LogP contribution is 2.45. The number of ketones is 1. The van der Waals surface area contributed by atoms with E-state index in [9.17, 15) is 20.1 Å². The Balaban J connectivity index is 1.96. The van der Waals surface area contributed by atoms with Crippen LogP contribution in [0.25, 0.3) is 6.08 Å². The number of aliphatic hydroxyl groups is 3. The number of ether oxygens (including phenoxy) is 2. The van der Waals surface area contributed by atoms with Crippen LogP contribution in [0.4, 0.5) is 0 Å². The van der Waals surface area contributed by atoms with Gasteiger partial charge in [-0.1, -0.05) is 33.3 Å². The maximum absolute atomic E-state index is 13.3. The molecule has 37 heavy (non-hydrogen) atoms. The maximum atomic E-state index is 13.3. The molecule has 2 rings (SSSR count). The molecule has 1 saturated heterocycles. The minimum absolute atomic E-state index is 0.0439. The number of hydrogen-bond donors (Lipinski definition) is 3. The van der Waals surface area contributed by atoms with E-state index in [2.05, 4.69) is 18.5 Å². The van der Waals surface area contributed by atoms with E-state index >= 15 is 0 Å². The molecule has 0 aliphatic carbocycles. The normalized spacial score (nSPS) is 24.3. The molecular weight excluding hydrogens is 490 g/mol. The average Bonchev–Trinajstić information content (AvgIpc) is 3.31. The number of epoxide rings is 1. The number of allylic oxidation sites excluding steroid dienone is 1. The van der Waals surface area contributed by atoms with Crippen molar-refractivity contribution in [2.75, 3.05) is 13.7 Å². The predicted octanol–water partition coefficient (Wildman–Crippen LogP) is 4.73. The van der Waals surface area contributed by atoms with Gasteiger partial charge in [-0.15, -0.1) is 17.9 Å². The standard InChI is InChI=1S/C29H47NO6S/c1-9-11-22(26(34)28(5,6)23(32)13-15-31)24(33)18(2)12-10-14-29(7)27(36-29)25(35-8)19(3)16-21-17-37-20(4)30-21/h9,16-18,22-25,27,31-33H,1,10-15H2,2-8H3/b19-16+. The summed E-state index contributed by atoms with van der Waals surface area (Å²) < 4.78 is 11.9. The van der Waals surface area contributed by atoms with E-state index in [1.165, 1.54) is 0 Å². The summed E-state index contributed by atoms with van der Waals surface area (Å²) in [4.78, 5) is 17.8. The van der Waals surface area contributed by atoms with E-state index in [0.717, 1.165) is 35.5 Å². The third-order valence-electron chi connectivity index (χ3n) is 7.89. The van der Waals surface area contributed by atoms with Crippen LogP contribution in [0.15, 0.2) is 23.6 Å². The van der Waals surface area contributed by atoms with Crippen LogP contribution < -0.4 is 0 Å². The molecular formula is C29H47NO6S. The van der Waals surface area contributed by atoms with E-state index in [4.69, 9.17) is 9.47 Å². The van der Waals surface area contributed by atoms with Gasteiger partial charge in [0.05, 0.1) is 28.5 Å². The molecule has 0 amide bonds. The monoisotopic (exact) mass is 537 g/mol. The lowest BCUT2D eigenvalue weighted by atomic mass is 9.71. The average molecular weight is 538 g/mol. The molecule has 0 aromatic carbocycles. The van der Waals surface area contributed by atoms with E-state index in [0.29, 0.717) is 6.42 Å². The zero-order valence-electron chi connectivity index (χ0n) is 23.6. The van der Waals surface area contributed by atoms with Gasteiger partial charge >= 0.3 is 0 Å². The molecule has 2 heterocycles. The van der Waals surface area contributed by atoms with Crippen molar-refractivity contribution < 1.29 is 29.6 Å². The Hall–Kier alpha value is -1.42. The summed E-state index contributed by atoms with van der Waals surface area (Å²) in [5.74, 6) is -0.977. The smallest absolute Gasteiger partial charge is 0.147 e. The van der Waals surface area contributed by atoms with Crippen LogP contribution >= 0.6 is 11.3 Å². The Labute approximate surface area is 226 Å². The Morgan fingerprint density at radius 2 is 2.05 bits per heavy atom. The predicted molar refractivity (Wildman–Crippen MR) is 148 cm³/mol. The summed E-state index contributed by atoms with van der Waals surface area (Å²) in [6.07, 6.45) is 4.50. The first-order valence-electron chi connectivity index (χ1n) is 13.3. The van der Waals surface area contributed by atoms with Crippen LogP contribution in [0, 0.1) is 24.2 Å². The van der Waals surface area contributed by atoms with Gasteiger partial charge in [-0.3, -0.25) is 4.79 Å². The SMILES string of the molecule is C=CCC(C(=O)C(C)(C)C(O)CCO)C(O)C(C)CCCC1(C)OC1C(OC)/C(C)=C/c1csc(C)n1. The van der Waals surface area contributed by atoms with Crippen LogP contribution in [0.3, 0.4) is 0 Å². The summed E-state index contributed by atoms with van der Waals surface area (Å²) in [5, 5.41) is 33.8. The number of thiazole rings is 1. The molecule has 1 aromatic rings.